The second-order valence-electron chi connectivity index (χ2n) is 3.18. The van der Waals surface area contributed by atoms with Gasteiger partial charge in [0.2, 0.25) is 0 Å². The van der Waals surface area contributed by atoms with Crippen LogP contribution in [0.15, 0.2) is 0 Å². The fourth-order valence-electron chi connectivity index (χ4n) is 1.30. The van der Waals surface area contributed by atoms with Crippen LogP contribution in [0.25, 0.3) is 0 Å². The zero-order valence-electron chi connectivity index (χ0n) is 7.25. The predicted molar refractivity (Wildman–Crippen MR) is 44.0 cm³/mol. The number of alkyl halides is 3. The molecule has 1 aliphatic rings. The Kier molecular flexibility index (Phi) is 3.46. The molecule has 0 aromatic rings. The summed E-state index contributed by atoms with van der Waals surface area (Å²) in [6, 6.07) is 0. The maximum absolute atomic E-state index is 11.8. The van der Waals surface area contributed by atoms with Gasteiger partial charge in [0.25, 0.3) is 0 Å². The minimum absolute atomic E-state index is 0.174. The molecule has 0 bridgehead atoms. The fraction of sp³-hybridized carbons (Fsp3) is 1.00. The Bertz CT molecular complexity index is 281. The summed E-state index contributed by atoms with van der Waals surface area (Å²) in [6.07, 6.45) is 3.17. The molecule has 0 saturated heterocycles. The van der Waals surface area contributed by atoms with Crippen LogP contribution in [-0.2, 0) is 14.2 Å². The highest BCUT2D eigenvalue weighted by molar-refractivity contribution is 7.88. The predicted octanol–water partition coefficient (Wildman–Crippen LogP) is 1.83. The molecule has 0 atom stereocenters. The van der Waals surface area contributed by atoms with E-state index >= 15 is 0 Å². The second kappa shape index (κ2) is 4.10. The second-order valence-corrected chi connectivity index (χ2v) is 4.74. The van der Waals surface area contributed by atoms with Crippen LogP contribution < -0.4 is 0 Å². The van der Waals surface area contributed by atoms with Crippen molar-refractivity contribution in [2.45, 2.75) is 37.0 Å². The van der Waals surface area contributed by atoms with E-state index in [1.54, 1.807) is 0 Å². The highest BCUT2D eigenvalue weighted by Gasteiger charge is 2.47. The van der Waals surface area contributed by atoms with Gasteiger partial charge in [0.05, 0.1) is 0 Å². The van der Waals surface area contributed by atoms with Gasteiger partial charge in [-0.1, -0.05) is 25.7 Å². The normalized spacial score (nSPS) is 19.9. The summed E-state index contributed by atoms with van der Waals surface area (Å²) in [5.74, 6) is -0.174. The average molecular weight is 229 g/mol. The summed E-state index contributed by atoms with van der Waals surface area (Å²) in [5, 5.41) is 0. The van der Waals surface area contributed by atoms with Crippen molar-refractivity contribution in [2.24, 2.45) is 0 Å². The first-order valence-corrected chi connectivity index (χ1v) is 5.56. The van der Waals surface area contributed by atoms with Crippen molar-refractivity contribution < 1.29 is 25.7 Å². The van der Waals surface area contributed by atoms with E-state index in [1.807, 2.05) is 0 Å². The van der Waals surface area contributed by atoms with E-state index in [1.165, 1.54) is 0 Å². The first-order valence-electron chi connectivity index (χ1n) is 4.16. The number of hydrogen-bond acceptors (Lipinski definition) is 3. The molecule has 1 fully saturated rings. The van der Waals surface area contributed by atoms with E-state index < -0.39 is 15.6 Å². The van der Waals surface area contributed by atoms with Gasteiger partial charge in [-0.2, -0.15) is 21.6 Å². The Morgan fingerprint density at radius 2 is 1.71 bits per heavy atom. The SMILES string of the molecule is O=S(=O)(O[B]C1CCCC1)C(F)(F)F. The lowest BCUT2D eigenvalue weighted by molar-refractivity contribution is -0.0500. The van der Waals surface area contributed by atoms with Crippen molar-refractivity contribution in [1.82, 2.24) is 0 Å². The Balaban J connectivity index is 2.44. The molecule has 14 heavy (non-hydrogen) atoms. The summed E-state index contributed by atoms with van der Waals surface area (Å²) in [7, 11) is -4.65. The number of halogens is 3. The van der Waals surface area contributed by atoms with E-state index in [2.05, 4.69) is 4.10 Å². The minimum atomic E-state index is -5.44. The summed E-state index contributed by atoms with van der Waals surface area (Å²) in [5.41, 5.74) is -5.33. The third-order valence-electron chi connectivity index (χ3n) is 2.06. The Morgan fingerprint density at radius 1 is 1.21 bits per heavy atom. The largest absolute Gasteiger partial charge is 0.521 e. The van der Waals surface area contributed by atoms with Gasteiger partial charge in [-0.05, 0) is 5.82 Å². The highest BCUT2D eigenvalue weighted by atomic mass is 32.2. The van der Waals surface area contributed by atoms with Crippen molar-refractivity contribution >= 4 is 17.6 Å². The van der Waals surface area contributed by atoms with Crippen LogP contribution in [0.5, 0.6) is 0 Å². The molecular weight excluding hydrogens is 220 g/mol. The molecule has 8 heteroatoms. The molecule has 1 radical (unpaired) electrons. The quantitative estimate of drug-likeness (QED) is 0.547. The van der Waals surface area contributed by atoms with Gasteiger partial charge in [0.15, 0.2) is 0 Å². The van der Waals surface area contributed by atoms with E-state index in [4.69, 9.17) is 0 Å². The van der Waals surface area contributed by atoms with Crippen LogP contribution in [-0.4, -0.2) is 21.4 Å². The number of hydrogen-bond donors (Lipinski definition) is 0. The van der Waals surface area contributed by atoms with E-state index in [0.29, 0.717) is 12.8 Å². The molecule has 0 aromatic carbocycles. The maximum atomic E-state index is 11.8. The lowest BCUT2D eigenvalue weighted by atomic mass is 9.79. The Morgan fingerprint density at radius 3 is 2.14 bits per heavy atom. The van der Waals surface area contributed by atoms with Crippen molar-refractivity contribution in [1.29, 1.82) is 0 Å². The molecule has 0 spiro atoms. The molecule has 3 nitrogen and oxygen atoms in total. The van der Waals surface area contributed by atoms with Crippen molar-refractivity contribution in [3.8, 4) is 0 Å². The first-order chi connectivity index (χ1) is 6.33. The molecule has 0 amide bonds. The minimum Gasteiger partial charge on any atom is -0.333 e. The highest BCUT2D eigenvalue weighted by Crippen LogP contribution is 2.31. The third-order valence-corrected chi connectivity index (χ3v) is 2.99. The summed E-state index contributed by atoms with van der Waals surface area (Å²) < 4.78 is 60.0. The molecule has 0 aromatic heterocycles. The Hall–Kier alpha value is -0.235. The molecule has 1 aliphatic carbocycles. The average Bonchev–Trinajstić information content (AvgIpc) is 2.50. The monoisotopic (exact) mass is 229 g/mol. The van der Waals surface area contributed by atoms with Gasteiger partial charge in [0.1, 0.15) is 0 Å². The smallest absolute Gasteiger partial charge is 0.333 e. The lowest BCUT2D eigenvalue weighted by Crippen LogP contribution is -2.27. The standard InChI is InChI=1S/C6H9BF3O3S/c8-6(9,10)14(11,12)13-7-5-3-1-2-4-5/h5H,1-4H2. The van der Waals surface area contributed by atoms with Gasteiger partial charge in [-0.3, -0.25) is 0 Å². The van der Waals surface area contributed by atoms with E-state index in [-0.39, 0.29) is 5.82 Å². The molecule has 1 rings (SSSR count). The van der Waals surface area contributed by atoms with E-state index in [0.717, 1.165) is 20.3 Å². The van der Waals surface area contributed by atoms with Crippen LogP contribution in [0.2, 0.25) is 5.82 Å². The van der Waals surface area contributed by atoms with Crippen LogP contribution in [0.1, 0.15) is 25.7 Å². The zero-order chi connectivity index (χ0) is 10.8. The van der Waals surface area contributed by atoms with Crippen LogP contribution in [0.3, 0.4) is 0 Å². The van der Waals surface area contributed by atoms with Gasteiger partial charge < -0.3 is 4.10 Å². The van der Waals surface area contributed by atoms with Crippen LogP contribution in [0, 0.1) is 0 Å². The van der Waals surface area contributed by atoms with Crippen molar-refractivity contribution in [3.63, 3.8) is 0 Å². The fourth-order valence-corrected chi connectivity index (χ4v) is 1.71. The van der Waals surface area contributed by atoms with Gasteiger partial charge in [-0.15, -0.1) is 0 Å². The summed E-state index contributed by atoms with van der Waals surface area (Å²) in [6.45, 7) is 0. The number of rotatable bonds is 3. The first kappa shape index (κ1) is 11.8. The van der Waals surface area contributed by atoms with Gasteiger partial charge >= 0.3 is 23.1 Å². The molecule has 0 N–H and O–H groups in total. The third kappa shape index (κ3) is 2.88. The van der Waals surface area contributed by atoms with Crippen molar-refractivity contribution in [2.75, 3.05) is 0 Å². The topological polar surface area (TPSA) is 43.4 Å². The molecular formula is C6H9BF3O3S. The molecule has 0 unspecified atom stereocenters. The molecule has 81 valence electrons. The summed E-state index contributed by atoms with van der Waals surface area (Å²) in [4.78, 5) is 0. The van der Waals surface area contributed by atoms with Crippen LogP contribution >= 0.6 is 0 Å². The lowest BCUT2D eigenvalue weighted by Gasteiger charge is -2.10. The van der Waals surface area contributed by atoms with Crippen LogP contribution in [0.4, 0.5) is 13.2 Å². The van der Waals surface area contributed by atoms with Gasteiger partial charge in [0, 0.05) is 0 Å². The summed E-state index contributed by atoms with van der Waals surface area (Å²) >= 11 is 0. The molecule has 0 heterocycles. The van der Waals surface area contributed by atoms with Gasteiger partial charge in [-0.25, -0.2) is 0 Å². The van der Waals surface area contributed by atoms with Crippen molar-refractivity contribution in [3.05, 3.63) is 0 Å². The van der Waals surface area contributed by atoms with E-state index in [9.17, 15) is 21.6 Å². The Labute approximate surface area is 81.0 Å². The molecule has 0 aliphatic heterocycles. The molecule has 1 saturated carbocycles. The maximum Gasteiger partial charge on any atom is 0.521 e. The zero-order valence-corrected chi connectivity index (χ0v) is 8.07.